The number of halogens is 1. The van der Waals surface area contributed by atoms with Crippen molar-refractivity contribution in [1.82, 2.24) is 9.47 Å². The molecule has 2 aromatic rings. The predicted molar refractivity (Wildman–Crippen MR) is 109 cm³/mol. The predicted octanol–water partition coefficient (Wildman–Crippen LogP) is 5.01. The summed E-state index contributed by atoms with van der Waals surface area (Å²) in [6.07, 6.45) is 6.21. The Hall–Kier alpha value is -2.14. The Balaban J connectivity index is 1.71. The zero-order valence-corrected chi connectivity index (χ0v) is 16.7. The summed E-state index contributed by atoms with van der Waals surface area (Å²) >= 11 is 3.49. The maximum atomic E-state index is 12.7. The first-order valence-electron chi connectivity index (χ1n) is 9.10. The van der Waals surface area contributed by atoms with Crippen LogP contribution in [0, 0.1) is 13.8 Å². The van der Waals surface area contributed by atoms with E-state index in [4.69, 9.17) is 0 Å². The molecule has 0 saturated carbocycles. The summed E-state index contributed by atoms with van der Waals surface area (Å²) in [5.41, 5.74) is 5.00. The van der Waals surface area contributed by atoms with E-state index in [1.54, 1.807) is 0 Å². The van der Waals surface area contributed by atoms with Gasteiger partial charge < -0.3 is 4.57 Å². The Morgan fingerprint density at radius 3 is 2.65 bits per heavy atom. The molecule has 1 amide bonds. The lowest BCUT2D eigenvalue weighted by Crippen LogP contribution is -2.31. The van der Waals surface area contributed by atoms with Crippen LogP contribution in [0.2, 0.25) is 0 Å². The van der Waals surface area contributed by atoms with E-state index in [-0.39, 0.29) is 5.91 Å². The number of aromatic nitrogens is 1. The molecule has 2 aliphatic rings. The number of amidine groups is 1. The Labute approximate surface area is 162 Å². The van der Waals surface area contributed by atoms with Gasteiger partial charge in [-0.2, -0.15) is 0 Å². The maximum Gasteiger partial charge on any atom is 0.277 e. The molecule has 0 spiro atoms. The van der Waals surface area contributed by atoms with Crippen LogP contribution in [0.5, 0.6) is 0 Å². The Morgan fingerprint density at radius 2 is 1.88 bits per heavy atom. The van der Waals surface area contributed by atoms with E-state index in [9.17, 15) is 4.79 Å². The number of fused-ring (bicyclic) bond motifs is 1. The van der Waals surface area contributed by atoms with Gasteiger partial charge in [-0.15, -0.1) is 0 Å². The molecule has 0 atom stereocenters. The minimum atomic E-state index is 0.0512. The quantitative estimate of drug-likeness (QED) is 0.639. The van der Waals surface area contributed by atoms with Gasteiger partial charge in [-0.05, 0) is 68.7 Å². The van der Waals surface area contributed by atoms with E-state index >= 15 is 0 Å². The molecule has 0 radical (unpaired) electrons. The summed E-state index contributed by atoms with van der Waals surface area (Å²) in [6, 6.07) is 10.4. The van der Waals surface area contributed by atoms with Crippen LogP contribution in [0.25, 0.3) is 11.8 Å². The van der Waals surface area contributed by atoms with Gasteiger partial charge in [-0.25, -0.2) is 4.99 Å². The second-order valence-electron chi connectivity index (χ2n) is 6.96. The molecule has 4 rings (SSSR count). The minimum Gasteiger partial charge on any atom is -0.318 e. The topological polar surface area (TPSA) is 37.6 Å². The molecular weight excluding hydrogens is 390 g/mol. The normalized spacial score (nSPS) is 18.9. The largest absolute Gasteiger partial charge is 0.318 e. The first-order valence-corrected chi connectivity index (χ1v) is 9.90. The monoisotopic (exact) mass is 411 g/mol. The van der Waals surface area contributed by atoms with Crippen molar-refractivity contribution in [3.05, 3.63) is 57.5 Å². The van der Waals surface area contributed by atoms with Crippen LogP contribution < -0.4 is 0 Å². The van der Waals surface area contributed by atoms with Crippen LogP contribution in [0.15, 0.2) is 45.5 Å². The Kier molecular flexibility index (Phi) is 4.57. The van der Waals surface area contributed by atoms with Crippen molar-refractivity contribution in [2.24, 2.45) is 4.99 Å². The van der Waals surface area contributed by atoms with Crippen molar-refractivity contribution in [3.8, 4) is 5.69 Å². The zero-order valence-electron chi connectivity index (χ0n) is 15.1. The molecule has 5 heteroatoms. The van der Waals surface area contributed by atoms with Crippen molar-refractivity contribution < 1.29 is 4.79 Å². The third-order valence-electron chi connectivity index (χ3n) is 5.15. The van der Waals surface area contributed by atoms with E-state index in [2.05, 4.69) is 57.5 Å². The molecule has 1 fully saturated rings. The molecule has 2 aliphatic heterocycles. The van der Waals surface area contributed by atoms with Gasteiger partial charge in [0.25, 0.3) is 5.91 Å². The summed E-state index contributed by atoms with van der Waals surface area (Å²) < 4.78 is 3.27. The lowest BCUT2D eigenvalue weighted by atomic mass is 10.2. The van der Waals surface area contributed by atoms with Gasteiger partial charge in [0.2, 0.25) is 0 Å². The number of aliphatic imine (C=N–C) groups is 1. The highest BCUT2D eigenvalue weighted by Crippen LogP contribution is 2.27. The molecule has 1 aromatic carbocycles. The number of aryl methyl sites for hydroxylation is 1. The summed E-state index contributed by atoms with van der Waals surface area (Å²) in [6.45, 7) is 4.98. The average molecular weight is 412 g/mol. The van der Waals surface area contributed by atoms with Gasteiger partial charge in [0.1, 0.15) is 11.5 Å². The smallest absolute Gasteiger partial charge is 0.277 e. The van der Waals surface area contributed by atoms with Crippen LogP contribution in [-0.2, 0) is 4.79 Å². The van der Waals surface area contributed by atoms with Crippen LogP contribution in [0.4, 0.5) is 0 Å². The Morgan fingerprint density at radius 1 is 1.12 bits per heavy atom. The van der Waals surface area contributed by atoms with Crippen molar-refractivity contribution in [3.63, 3.8) is 0 Å². The van der Waals surface area contributed by atoms with E-state index in [1.165, 1.54) is 6.42 Å². The van der Waals surface area contributed by atoms with E-state index in [1.807, 2.05) is 23.1 Å². The van der Waals surface area contributed by atoms with Gasteiger partial charge in [0.05, 0.1) is 0 Å². The average Bonchev–Trinajstić information content (AvgIpc) is 2.95. The molecule has 0 N–H and O–H groups in total. The number of rotatable bonds is 2. The lowest BCUT2D eigenvalue weighted by Gasteiger charge is -2.14. The fourth-order valence-electron chi connectivity index (χ4n) is 3.82. The number of amides is 1. The second-order valence-corrected chi connectivity index (χ2v) is 7.88. The van der Waals surface area contributed by atoms with Crippen molar-refractivity contribution in [2.45, 2.75) is 39.5 Å². The number of hydrogen-bond acceptors (Lipinski definition) is 2. The van der Waals surface area contributed by atoms with E-state index in [0.717, 1.165) is 58.8 Å². The summed E-state index contributed by atoms with van der Waals surface area (Å²) in [5.74, 6) is 0.996. The van der Waals surface area contributed by atoms with Crippen LogP contribution >= 0.6 is 15.9 Å². The van der Waals surface area contributed by atoms with E-state index < -0.39 is 0 Å². The number of hydrogen-bond donors (Lipinski definition) is 0. The lowest BCUT2D eigenvalue weighted by molar-refractivity contribution is -0.122. The SMILES string of the molecule is Cc1cc(C=C2N=C3CCCCCN3C2=O)c(C)n1-c1ccc(Br)cc1. The molecular formula is C21H22BrN3O. The third-order valence-corrected chi connectivity index (χ3v) is 5.68. The number of carbonyl (C=O) groups excluding carboxylic acids is 1. The molecule has 134 valence electrons. The first-order chi connectivity index (χ1) is 12.5. The second kappa shape index (κ2) is 6.88. The summed E-state index contributed by atoms with van der Waals surface area (Å²) in [4.78, 5) is 19.3. The molecule has 0 aliphatic carbocycles. The number of nitrogens with zero attached hydrogens (tertiary/aromatic N) is 3. The third kappa shape index (κ3) is 3.05. The molecule has 3 heterocycles. The molecule has 4 nitrogen and oxygen atoms in total. The van der Waals surface area contributed by atoms with E-state index in [0.29, 0.717) is 5.70 Å². The Bertz CT molecular complexity index is 921. The van der Waals surface area contributed by atoms with Crippen molar-refractivity contribution >= 4 is 33.7 Å². The highest BCUT2D eigenvalue weighted by atomic mass is 79.9. The van der Waals surface area contributed by atoms with Crippen molar-refractivity contribution in [1.29, 1.82) is 0 Å². The van der Waals surface area contributed by atoms with Crippen molar-refractivity contribution in [2.75, 3.05) is 6.54 Å². The molecule has 0 unspecified atom stereocenters. The summed E-state index contributed by atoms with van der Waals surface area (Å²) in [5, 5.41) is 0. The van der Waals surface area contributed by atoms with Crippen LogP contribution in [0.1, 0.15) is 42.6 Å². The highest BCUT2D eigenvalue weighted by molar-refractivity contribution is 9.10. The first kappa shape index (κ1) is 17.3. The number of carbonyl (C=O) groups is 1. The molecule has 0 bridgehead atoms. The maximum absolute atomic E-state index is 12.7. The van der Waals surface area contributed by atoms with Crippen LogP contribution in [0.3, 0.4) is 0 Å². The minimum absolute atomic E-state index is 0.0512. The van der Waals surface area contributed by atoms with Gasteiger partial charge >= 0.3 is 0 Å². The fourth-order valence-corrected chi connectivity index (χ4v) is 4.08. The zero-order chi connectivity index (χ0) is 18.3. The van der Waals surface area contributed by atoms with Gasteiger partial charge in [0, 0.05) is 34.5 Å². The van der Waals surface area contributed by atoms with Gasteiger partial charge in [-0.1, -0.05) is 22.4 Å². The molecule has 1 saturated heterocycles. The standard InChI is InChI=1S/C21H22BrN3O/c1-14-12-16(15(2)25(14)18-9-7-17(22)8-10-18)13-19-21(26)24-11-5-3-4-6-20(24)23-19/h7-10,12-13H,3-6,11H2,1-2H3. The number of benzene rings is 1. The summed E-state index contributed by atoms with van der Waals surface area (Å²) in [7, 11) is 0. The highest BCUT2D eigenvalue weighted by Gasteiger charge is 2.30. The molecule has 1 aromatic heterocycles. The van der Waals surface area contributed by atoms with Gasteiger partial charge in [0.15, 0.2) is 0 Å². The van der Waals surface area contributed by atoms with Gasteiger partial charge in [-0.3, -0.25) is 9.69 Å². The fraction of sp³-hybridized carbons (Fsp3) is 0.333. The molecule has 26 heavy (non-hydrogen) atoms. The van der Waals surface area contributed by atoms with Crippen LogP contribution in [-0.4, -0.2) is 27.8 Å².